The second-order valence-electron chi connectivity index (χ2n) is 5.11. The number of hydrogen-bond donors (Lipinski definition) is 0. The first-order chi connectivity index (χ1) is 11.7. The first-order valence-corrected chi connectivity index (χ1v) is 7.76. The molecule has 0 fully saturated rings. The predicted molar refractivity (Wildman–Crippen MR) is 92.5 cm³/mol. The smallest absolute Gasteiger partial charge is 0.330 e. The molecule has 0 aliphatic heterocycles. The van der Waals surface area contributed by atoms with E-state index < -0.39 is 5.97 Å². The lowest BCUT2D eigenvalue weighted by atomic mass is 10.0. The SMILES string of the molecule is C=CC(=O)OCCCCOc1ccccc1-c1ccc(C#N)cc1. The second kappa shape index (κ2) is 9.16. The number of carbonyl (C=O) groups is 1. The predicted octanol–water partition coefficient (Wildman–Crippen LogP) is 4.11. The molecule has 4 nitrogen and oxygen atoms in total. The Morgan fingerprint density at radius 3 is 2.50 bits per heavy atom. The molecule has 2 aromatic carbocycles. The Hall–Kier alpha value is -3.06. The molecule has 24 heavy (non-hydrogen) atoms. The molecule has 0 unspecified atom stereocenters. The highest BCUT2D eigenvalue weighted by Gasteiger charge is 2.06. The van der Waals surface area contributed by atoms with Crippen LogP contribution in [0.4, 0.5) is 0 Å². The van der Waals surface area contributed by atoms with E-state index >= 15 is 0 Å². The van der Waals surface area contributed by atoms with Gasteiger partial charge in [-0.2, -0.15) is 5.26 Å². The van der Waals surface area contributed by atoms with Gasteiger partial charge in [-0.25, -0.2) is 4.79 Å². The molecule has 0 saturated heterocycles. The summed E-state index contributed by atoms with van der Waals surface area (Å²) in [6.45, 7) is 4.25. The molecule has 0 aromatic heterocycles. The second-order valence-corrected chi connectivity index (χ2v) is 5.11. The molecule has 2 rings (SSSR count). The number of nitriles is 1. The Labute approximate surface area is 141 Å². The summed E-state index contributed by atoms with van der Waals surface area (Å²) in [6, 6.07) is 17.3. The van der Waals surface area contributed by atoms with Gasteiger partial charge in [0, 0.05) is 11.6 Å². The van der Waals surface area contributed by atoms with Gasteiger partial charge < -0.3 is 9.47 Å². The Kier molecular flexibility index (Phi) is 6.60. The summed E-state index contributed by atoms with van der Waals surface area (Å²) in [4.78, 5) is 10.9. The Balaban J connectivity index is 1.90. The van der Waals surface area contributed by atoms with Gasteiger partial charge in [-0.3, -0.25) is 0 Å². The van der Waals surface area contributed by atoms with Crippen LogP contribution in [0.2, 0.25) is 0 Å². The number of nitrogens with zero attached hydrogens (tertiary/aromatic N) is 1. The highest BCUT2D eigenvalue weighted by atomic mass is 16.5. The highest BCUT2D eigenvalue weighted by Crippen LogP contribution is 2.30. The van der Waals surface area contributed by atoms with E-state index in [0.29, 0.717) is 18.8 Å². The summed E-state index contributed by atoms with van der Waals surface area (Å²) < 4.78 is 10.8. The number of esters is 1. The van der Waals surface area contributed by atoms with Gasteiger partial charge in [-0.1, -0.05) is 36.9 Å². The lowest BCUT2D eigenvalue weighted by Crippen LogP contribution is -2.04. The minimum atomic E-state index is -0.401. The standard InChI is InChI=1S/C20H19NO3/c1-2-20(22)24-14-6-5-13-23-19-8-4-3-7-18(19)17-11-9-16(15-21)10-12-17/h2-4,7-12H,1,5-6,13-14H2. The third kappa shape index (κ3) is 4.99. The Morgan fingerprint density at radius 2 is 1.79 bits per heavy atom. The molecule has 0 aliphatic carbocycles. The van der Waals surface area contributed by atoms with Crippen LogP contribution in [-0.4, -0.2) is 19.2 Å². The summed E-state index contributed by atoms with van der Waals surface area (Å²) in [5.74, 6) is 0.396. The minimum absolute atomic E-state index is 0.367. The van der Waals surface area contributed by atoms with Gasteiger partial charge >= 0.3 is 5.97 Å². The summed E-state index contributed by atoms with van der Waals surface area (Å²) >= 11 is 0. The zero-order valence-electron chi connectivity index (χ0n) is 13.4. The lowest BCUT2D eigenvalue weighted by Gasteiger charge is -2.11. The summed E-state index contributed by atoms with van der Waals surface area (Å²) in [7, 11) is 0. The van der Waals surface area contributed by atoms with Gasteiger partial charge in [0.05, 0.1) is 24.8 Å². The number of para-hydroxylation sites is 1. The van der Waals surface area contributed by atoms with Gasteiger partial charge in [-0.05, 0) is 36.6 Å². The highest BCUT2D eigenvalue weighted by molar-refractivity contribution is 5.81. The van der Waals surface area contributed by atoms with Crippen LogP contribution < -0.4 is 4.74 Å². The van der Waals surface area contributed by atoms with Crippen LogP contribution in [-0.2, 0) is 9.53 Å². The van der Waals surface area contributed by atoms with E-state index in [1.165, 1.54) is 0 Å². The molecule has 0 radical (unpaired) electrons. The molecule has 0 bridgehead atoms. The van der Waals surface area contributed by atoms with Crippen LogP contribution in [0.15, 0.2) is 61.2 Å². The van der Waals surface area contributed by atoms with Crippen molar-refractivity contribution in [1.82, 2.24) is 0 Å². The van der Waals surface area contributed by atoms with Crippen LogP contribution in [0.25, 0.3) is 11.1 Å². The van der Waals surface area contributed by atoms with Gasteiger partial charge in [0.25, 0.3) is 0 Å². The fourth-order valence-electron chi connectivity index (χ4n) is 2.17. The molecule has 0 aliphatic rings. The van der Waals surface area contributed by atoms with Gasteiger partial charge in [-0.15, -0.1) is 0 Å². The van der Waals surface area contributed by atoms with Crippen molar-refractivity contribution in [2.75, 3.05) is 13.2 Å². The van der Waals surface area contributed by atoms with Crippen molar-refractivity contribution in [2.24, 2.45) is 0 Å². The van der Waals surface area contributed by atoms with Crippen molar-refractivity contribution in [2.45, 2.75) is 12.8 Å². The normalized spacial score (nSPS) is 9.79. The van der Waals surface area contributed by atoms with E-state index in [0.717, 1.165) is 35.8 Å². The van der Waals surface area contributed by atoms with E-state index in [1.807, 2.05) is 36.4 Å². The number of rotatable bonds is 8. The van der Waals surface area contributed by atoms with Crippen LogP contribution >= 0.6 is 0 Å². The summed E-state index contributed by atoms with van der Waals surface area (Å²) in [6.07, 6.45) is 2.68. The van der Waals surface area contributed by atoms with Crippen molar-refractivity contribution >= 4 is 5.97 Å². The first-order valence-electron chi connectivity index (χ1n) is 7.76. The largest absolute Gasteiger partial charge is 0.493 e. The number of unbranched alkanes of at least 4 members (excludes halogenated alkanes) is 1. The van der Waals surface area contributed by atoms with E-state index in [2.05, 4.69) is 12.6 Å². The number of ether oxygens (including phenoxy) is 2. The van der Waals surface area contributed by atoms with Gasteiger partial charge in [0.1, 0.15) is 5.75 Å². The van der Waals surface area contributed by atoms with E-state index in [4.69, 9.17) is 14.7 Å². The fourth-order valence-corrected chi connectivity index (χ4v) is 2.17. The monoisotopic (exact) mass is 321 g/mol. The topological polar surface area (TPSA) is 59.3 Å². The molecule has 122 valence electrons. The molecule has 0 saturated carbocycles. The minimum Gasteiger partial charge on any atom is -0.493 e. The molecule has 0 spiro atoms. The lowest BCUT2D eigenvalue weighted by molar-refractivity contribution is -0.137. The van der Waals surface area contributed by atoms with Crippen LogP contribution in [0.1, 0.15) is 18.4 Å². The van der Waals surface area contributed by atoms with Crippen molar-refractivity contribution in [3.8, 4) is 22.9 Å². The molecule has 0 N–H and O–H groups in total. The maximum absolute atomic E-state index is 10.9. The van der Waals surface area contributed by atoms with Gasteiger partial charge in [0.15, 0.2) is 0 Å². The first kappa shape index (κ1) is 17.3. The quantitative estimate of drug-likeness (QED) is 0.417. The van der Waals surface area contributed by atoms with Crippen molar-refractivity contribution in [1.29, 1.82) is 5.26 Å². The average molecular weight is 321 g/mol. The van der Waals surface area contributed by atoms with E-state index in [-0.39, 0.29) is 0 Å². The number of carbonyl (C=O) groups excluding carboxylic acids is 1. The number of hydrogen-bond acceptors (Lipinski definition) is 4. The van der Waals surface area contributed by atoms with E-state index in [9.17, 15) is 4.79 Å². The van der Waals surface area contributed by atoms with Crippen molar-refractivity contribution in [3.05, 3.63) is 66.7 Å². The Bertz CT molecular complexity index is 729. The summed E-state index contributed by atoms with van der Waals surface area (Å²) in [5, 5.41) is 8.88. The molecule has 2 aromatic rings. The van der Waals surface area contributed by atoms with Gasteiger partial charge in [0.2, 0.25) is 0 Å². The molecule has 0 amide bonds. The van der Waals surface area contributed by atoms with Crippen molar-refractivity contribution in [3.63, 3.8) is 0 Å². The fraction of sp³-hybridized carbons (Fsp3) is 0.200. The third-order valence-corrected chi connectivity index (χ3v) is 3.42. The molecular formula is C20H19NO3. The van der Waals surface area contributed by atoms with Crippen LogP contribution in [0, 0.1) is 11.3 Å². The average Bonchev–Trinajstić information content (AvgIpc) is 2.64. The Morgan fingerprint density at radius 1 is 1.08 bits per heavy atom. The van der Waals surface area contributed by atoms with Crippen molar-refractivity contribution < 1.29 is 14.3 Å². The van der Waals surface area contributed by atoms with E-state index in [1.54, 1.807) is 12.1 Å². The zero-order valence-corrected chi connectivity index (χ0v) is 13.4. The molecule has 4 heteroatoms. The van der Waals surface area contributed by atoms with Crippen LogP contribution in [0.3, 0.4) is 0 Å². The summed E-state index contributed by atoms with van der Waals surface area (Å²) in [5.41, 5.74) is 2.62. The number of benzene rings is 2. The molecular weight excluding hydrogens is 302 g/mol. The van der Waals surface area contributed by atoms with Crippen LogP contribution in [0.5, 0.6) is 5.75 Å². The molecule has 0 atom stereocenters. The third-order valence-electron chi connectivity index (χ3n) is 3.42. The molecule has 0 heterocycles. The maximum atomic E-state index is 10.9. The maximum Gasteiger partial charge on any atom is 0.330 e. The zero-order chi connectivity index (χ0) is 17.2.